The van der Waals surface area contributed by atoms with Crippen LogP contribution in [0.15, 0.2) is 22.7 Å². The van der Waals surface area contributed by atoms with Crippen molar-refractivity contribution in [1.82, 2.24) is 5.32 Å². The van der Waals surface area contributed by atoms with Gasteiger partial charge >= 0.3 is 6.18 Å². The largest absolute Gasteiger partial charge is 0.417 e. The molecule has 0 aromatic heterocycles. The second-order valence-corrected chi connectivity index (χ2v) is 5.23. The smallest absolute Gasteiger partial charge is 0.326 e. The maximum atomic E-state index is 12.7. The van der Waals surface area contributed by atoms with Gasteiger partial charge in [0.1, 0.15) is 0 Å². The Morgan fingerprint density at radius 1 is 1.42 bits per heavy atom. The lowest BCUT2D eigenvalue weighted by Gasteiger charge is -2.13. The van der Waals surface area contributed by atoms with Crippen molar-refractivity contribution in [2.24, 2.45) is 5.92 Å². The third-order valence-electron chi connectivity index (χ3n) is 2.97. The topological polar surface area (TPSA) is 41.1 Å². The first-order valence-corrected chi connectivity index (χ1v) is 6.55. The first-order chi connectivity index (χ1) is 8.88. The predicted molar refractivity (Wildman–Crippen MR) is 68.8 cm³/mol. The molecule has 1 aromatic carbocycles. The van der Waals surface area contributed by atoms with Gasteiger partial charge in [-0.1, -0.05) is 15.9 Å². The SMILES string of the molecule is O=C(Nc1ccc(Br)c(C(F)(F)F)c1)C1CCNC1. The highest BCUT2D eigenvalue weighted by Gasteiger charge is 2.33. The highest BCUT2D eigenvalue weighted by molar-refractivity contribution is 9.10. The van der Waals surface area contributed by atoms with E-state index in [4.69, 9.17) is 0 Å². The second-order valence-electron chi connectivity index (χ2n) is 4.37. The van der Waals surface area contributed by atoms with Crippen LogP contribution in [0, 0.1) is 5.92 Å². The molecule has 2 rings (SSSR count). The van der Waals surface area contributed by atoms with Gasteiger partial charge in [0.2, 0.25) is 5.91 Å². The van der Waals surface area contributed by atoms with Crippen LogP contribution in [0.1, 0.15) is 12.0 Å². The Morgan fingerprint density at radius 3 is 2.74 bits per heavy atom. The van der Waals surface area contributed by atoms with Gasteiger partial charge in [-0.05, 0) is 31.2 Å². The van der Waals surface area contributed by atoms with E-state index in [0.29, 0.717) is 13.0 Å². The molecule has 2 N–H and O–H groups in total. The zero-order valence-electron chi connectivity index (χ0n) is 9.85. The Labute approximate surface area is 116 Å². The van der Waals surface area contributed by atoms with Crippen LogP contribution in [0.2, 0.25) is 0 Å². The van der Waals surface area contributed by atoms with E-state index in [2.05, 4.69) is 26.6 Å². The van der Waals surface area contributed by atoms with Crippen molar-refractivity contribution in [2.45, 2.75) is 12.6 Å². The van der Waals surface area contributed by atoms with Crippen LogP contribution in [0.5, 0.6) is 0 Å². The van der Waals surface area contributed by atoms with E-state index in [1.54, 1.807) is 0 Å². The first kappa shape index (κ1) is 14.3. The summed E-state index contributed by atoms with van der Waals surface area (Å²) in [5.41, 5.74) is -0.637. The van der Waals surface area contributed by atoms with Gasteiger partial charge in [0, 0.05) is 16.7 Å². The summed E-state index contributed by atoms with van der Waals surface area (Å²) in [5, 5.41) is 5.56. The maximum absolute atomic E-state index is 12.7. The van der Waals surface area contributed by atoms with Crippen molar-refractivity contribution >= 4 is 27.5 Å². The third kappa shape index (κ3) is 3.48. The van der Waals surface area contributed by atoms with Gasteiger partial charge < -0.3 is 10.6 Å². The molecule has 1 atom stereocenters. The average Bonchev–Trinajstić information content (AvgIpc) is 2.83. The molecule has 104 valence electrons. The minimum atomic E-state index is -4.45. The van der Waals surface area contributed by atoms with Gasteiger partial charge in [0.25, 0.3) is 0 Å². The third-order valence-corrected chi connectivity index (χ3v) is 3.66. The molecule has 1 saturated heterocycles. The van der Waals surface area contributed by atoms with Crippen molar-refractivity contribution in [3.05, 3.63) is 28.2 Å². The Bertz CT molecular complexity index is 484. The fraction of sp³-hybridized carbons (Fsp3) is 0.417. The number of rotatable bonds is 2. The molecule has 1 aliphatic heterocycles. The van der Waals surface area contributed by atoms with Crippen LogP contribution >= 0.6 is 15.9 Å². The summed E-state index contributed by atoms with van der Waals surface area (Å²) in [5.74, 6) is -0.432. The monoisotopic (exact) mass is 336 g/mol. The summed E-state index contributed by atoms with van der Waals surface area (Å²) in [4.78, 5) is 11.8. The number of alkyl halides is 3. The number of nitrogens with one attached hydrogen (secondary N) is 2. The summed E-state index contributed by atoms with van der Waals surface area (Å²) in [6.45, 7) is 1.32. The molecule has 7 heteroatoms. The van der Waals surface area contributed by atoms with Gasteiger partial charge in [-0.3, -0.25) is 4.79 Å². The van der Waals surface area contributed by atoms with Crippen molar-refractivity contribution in [2.75, 3.05) is 18.4 Å². The summed E-state index contributed by atoms with van der Waals surface area (Å²) in [6, 6.07) is 3.66. The number of amides is 1. The number of carbonyl (C=O) groups is 1. The van der Waals surface area contributed by atoms with Crippen LogP contribution in [-0.4, -0.2) is 19.0 Å². The van der Waals surface area contributed by atoms with E-state index < -0.39 is 11.7 Å². The number of hydrogen-bond donors (Lipinski definition) is 2. The van der Waals surface area contributed by atoms with Gasteiger partial charge in [0.15, 0.2) is 0 Å². The molecule has 0 spiro atoms. The van der Waals surface area contributed by atoms with Crippen LogP contribution in [0.25, 0.3) is 0 Å². The number of anilines is 1. The van der Waals surface area contributed by atoms with Crippen LogP contribution in [-0.2, 0) is 11.0 Å². The minimum absolute atomic E-state index is 0.0412. The quantitative estimate of drug-likeness (QED) is 0.871. The molecule has 1 fully saturated rings. The molecule has 1 heterocycles. The molecular weight excluding hydrogens is 325 g/mol. The predicted octanol–water partition coefficient (Wildman–Crippen LogP) is 3.02. The molecular formula is C12H12BrF3N2O. The van der Waals surface area contributed by atoms with Crippen molar-refractivity contribution in [1.29, 1.82) is 0 Å². The fourth-order valence-electron chi connectivity index (χ4n) is 1.94. The summed E-state index contributed by atoms with van der Waals surface area (Å²) >= 11 is 2.86. The first-order valence-electron chi connectivity index (χ1n) is 5.76. The molecule has 1 unspecified atom stereocenters. The molecule has 0 bridgehead atoms. The van der Waals surface area contributed by atoms with E-state index in [0.717, 1.165) is 12.6 Å². The van der Waals surface area contributed by atoms with E-state index in [1.165, 1.54) is 12.1 Å². The Hall–Kier alpha value is -1.08. The highest BCUT2D eigenvalue weighted by Crippen LogP contribution is 2.36. The van der Waals surface area contributed by atoms with Crippen LogP contribution in [0.3, 0.4) is 0 Å². The van der Waals surface area contributed by atoms with Crippen LogP contribution < -0.4 is 10.6 Å². The van der Waals surface area contributed by atoms with E-state index in [9.17, 15) is 18.0 Å². The molecule has 1 aromatic rings. The summed E-state index contributed by atoms with van der Waals surface area (Å²) in [6.07, 6.45) is -3.75. The molecule has 1 amide bonds. The molecule has 0 radical (unpaired) electrons. The summed E-state index contributed by atoms with van der Waals surface area (Å²) < 4.78 is 38.1. The van der Waals surface area contributed by atoms with Gasteiger partial charge in [-0.15, -0.1) is 0 Å². The Kier molecular flexibility index (Phi) is 4.15. The molecule has 0 aliphatic carbocycles. The van der Waals surface area contributed by atoms with Gasteiger partial charge in [-0.25, -0.2) is 0 Å². The Balaban J connectivity index is 2.15. The average molecular weight is 337 g/mol. The maximum Gasteiger partial charge on any atom is 0.417 e. The lowest BCUT2D eigenvalue weighted by molar-refractivity contribution is -0.138. The van der Waals surface area contributed by atoms with Crippen molar-refractivity contribution in [3.63, 3.8) is 0 Å². The zero-order chi connectivity index (χ0) is 14.0. The Morgan fingerprint density at radius 2 is 2.16 bits per heavy atom. The van der Waals surface area contributed by atoms with E-state index in [1.807, 2.05) is 0 Å². The molecule has 3 nitrogen and oxygen atoms in total. The van der Waals surface area contributed by atoms with Gasteiger partial charge in [0.05, 0.1) is 11.5 Å². The zero-order valence-corrected chi connectivity index (χ0v) is 11.4. The normalized spacial score (nSPS) is 19.5. The number of halogens is 4. The van der Waals surface area contributed by atoms with Crippen molar-refractivity contribution in [3.8, 4) is 0 Å². The molecule has 0 saturated carbocycles. The van der Waals surface area contributed by atoms with E-state index >= 15 is 0 Å². The standard InChI is InChI=1S/C12H12BrF3N2O/c13-10-2-1-8(5-9(10)12(14,15)16)18-11(19)7-3-4-17-6-7/h1-2,5,7,17H,3-4,6H2,(H,18,19). The van der Waals surface area contributed by atoms with Gasteiger partial charge in [-0.2, -0.15) is 13.2 Å². The number of benzene rings is 1. The highest BCUT2D eigenvalue weighted by atomic mass is 79.9. The lowest BCUT2D eigenvalue weighted by atomic mass is 10.1. The summed E-state index contributed by atoms with van der Waals surface area (Å²) in [7, 11) is 0. The molecule has 19 heavy (non-hydrogen) atoms. The minimum Gasteiger partial charge on any atom is -0.326 e. The lowest BCUT2D eigenvalue weighted by Crippen LogP contribution is -2.24. The fourth-order valence-corrected chi connectivity index (χ4v) is 2.41. The number of carbonyl (C=O) groups excluding carboxylic acids is 1. The van der Waals surface area contributed by atoms with Crippen LogP contribution in [0.4, 0.5) is 18.9 Å². The molecule has 1 aliphatic rings. The number of hydrogen-bond acceptors (Lipinski definition) is 2. The second kappa shape index (κ2) is 5.50. The van der Waals surface area contributed by atoms with E-state index in [-0.39, 0.29) is 22.0 Å². The van der Waals surface area contributed by atoms with Crippen molar-refractivity contribution < 1.29 is 18.0 Å².